The van der Waals surface area contributed by atoms with Crippen LogP contribution in [0.2, 0.25) is 0 Å². The predicted octanol–water partition coefficient (Wildman–Crippen LogP) is 3.77. The third-order valence-electron chi connectivity index (χ3n) is 1.84. The molecule has 0 unspecified atom stereocenters. The van der Waals surface area contributed by atoms with Crippen LogP contribution in [0.15, 0.2) is 59.5 Å². The van der Waals surface area contributed by atoms with Gasteiger partial charge >= 0.3 is 0 Å². The van der Waals surface area contributed by atoms with E-state index in [1.54, 1.807) is 0 Å². The van der Waals surface area contributed by atoms with Crippen molar-refractivity contribution in [3.63, 3.8) is 0 Å². The Morgan fingerprint density at radius 3 is 2.14 bits per heavy atom. The topological polar surface area (TPSA) is 9.23 Å². The quantitative estimate of drug-likeness (QED) is 0.729. The van der Waals surface area contributed by atoms with E-state index in [1.165, 1.54) is 0 Å². The van der Waals surface area contributed by atoms with Crippen LogP contribution in [0.5, 0.6) is 11.5 Å². The fraction of sp³-hybridized carbons (Fsp3) is 0. The lowest BCUT2D eigenvalue weighted by Gasteiger charge is -2.06. The summed E-state index contributed by atoms with van der Waals surface area (Å²) in [6.45, 7) is 0. The fourth-order valence-electron chi connectivity index (χ4n) is 1.16. The predicted molar refractivity (Wildman–Crippen MR) is 60.2 cm³/mol. The van der Waals surface area contributed by atoms with Gasteiger partial charge in [-0.05, 0) is 24.3 Å². The largest absolute Gasteiger partial charge is 0.456 e. The van der Waals surface area contributed by atoms with E-state index in [-0.39, 0.29) is 0 Å². The van der Waals surface area contributed by atoms with Crippen molar-refractivity contribution in [2.24, 2.45) is 0 Å². The first-order valence-corrected chi connectivity index (χ1v) is 4.82. The third kappa shape index (κ3) is 2.09. The van der Waals surface area contributed by atoms with Crippen LogP contribution in [0.1, 0.15) is 0 Å². The molecule has 0 aliphatic rings. The number of benzene rings is 2. The minimum absolute atomic E-state index is 0.780. The second-order valence-corrected chi connectivity index (χ2v) is 3.36. The average molecular weight is 202 g/mol. The second kappa shape index (κ2) is 4.20. The molecule has 0 heterocycles. The molecule has 0 spiro atoms. The van der Waals surface area contributed by atoms with Gasteiger partial charge in [0.15, 0.2) is 0 Å². The van der Waals surface area contributed by atoms with Crippen molar-refractivity contribution in [2.45, 2.75) is 4.90 Å². The van der Waals surface area contributed by atoms with E-state index in [0.717, 1.165) is 16.4 Å². The molecule has 2 rings (SSSR count). The van der Waals surface area contributed by atoms with Crippen LogP contribution in [0, 0.1) is 0 Å². The zero-order valence-corrected chi connectivity index (χ0v) is 8.45. The lowest BCUT2D eigenvalue weighted by atomic mass is 10.3. The highest BCUT2D eigenvalue weighted by Crippen LogP contribution is 2.26. The molecule has 0 fully saturated rings. The monoisotopic (exact) mass is 202 g/mol. The van der Waals surface area contributed by atoms with Gasteiger partial charge in [-0.25, -0.2) is 0 Å². The molecule has 2 aromatic rings. The first-order chi connectivity index (χ1) is 6.86. The van der Waals surface area contributed by atoms with Crippen LogP contribution in [-0.2, 0) is 0 Å². The van der Waals surface area contributed by atoms with Gasteiger partial charge in [-0.3, -0.25) is 0 Å². The number of ether oxygens (including phenoxy) is 1. The van der Waals surface area contributed by atoms with Crippen LogP contribution < -0.4 is 4.74 Å². The molecule has 70 valence electrons. The Kier molecular flexibility index (Phi) is 2.75. The van der Waals surface area contributed by atoms with Crippen molar-refractivity contribution in [3.8, 4) is 11.5 Å². The molecule has 0 atom stereocenters. The lowest BCUT2D eigenvalue weighted by Crippen LogP contribution is -1.84. The molecule has 2 aromatic carbocycles. The standard InChI is InChI=1S/C12H10OS/c14-12-9-5-4-8-11(12)13-10-6-2-1-3-7-10/h1-9,14H. The SMILES string of the molecule is Sc1ccccc1Oc1ccccc1. The molecular weight excluding hydrogens is 192 g/mol. The Morgan fingerprint density at radius 1 is 0.786 bits per heavy atom. The van der Waals surface area contributed by atoms with E-state index in [9.17, 15) is 0 Å². The molecule has 2 heteroatoms. The van der Waals surface area contributed by atoms with E-state index in [1.807, 2.05) is 54.6 Å². The Bertz CT molecular complexity index is 412. The Morgan fingerprint density at radius 2 is 1.43 bits per heavy atom. The summed E-state index contributed by atoms with van der Waals surface area (Å²) in [5.74, 6) is 1.61. The van der Waals surface area contributed by atoms with Crippen molar-refractivity contribution in [3.05, 3.63) is 54.6 Å². The number of rotatable bonds is 2. The number of hydrogen-bond donors (Lipinski definition) is 1. The third-order valence-corrected chi connectivity index (χ3v) is 2.21. The molecule has 0 aromatic heterocycles. The minimum Gasteiger partial charge on any atom is -0.456 e. The highest BCUT2D eigenvalue weighted by molar-refractivity contribution is 7.80. The fourth-order valence-corrected chi connectivity index (χ4v) is 1.37. The van der Waals surface area contributed by atoms with Gasteiger partial charge in [-0.15, -0.1) is 12.6 Å². The van der Waals surface area contributed by atoms with E-state index in [4.69, 9.17) is 4.74 Å². The van der Waals surface area contributed by atoms with Gasteiger partial charge in [0.05, 0.1) is 0 Å². The van der Waals surface area contributed by atoms with Crippen molar-refractivity contribution in [1.29, 1.82) is 0 Å². The summed E-state index contributed by atoms with van der Waals surface area (Å²) in [7, 11) is 0. The Hall–Kier alpha value is -1.41. The smallest absolute Gasteiger partial charge is 0.140 e. The molecule has 0 saturated heterocycles. The normalized spacial score (nSPS) is 9.79. The van der Waals surface area contributed by atoms with Crippen molar-refractivity contribution < 1.29 is 4.74 Å². The second-order valence-electron chi connectivity index (χ2n) is 2.88. The van der Waals surface area contributed by atoms with Gasteiger partial charge in [-0.2, -0.15) is 0 Å². The molecule has 0 N–H and O–H groups in total. The Balaban J connectivity index is 2.24. The van der Waals surface area contributed by atoms with Crippen LogP contribution >= 0.6 is 12.6 Å². The summed E-state index contributed by atoms with van der Waals surface area (Å²) in [5.41, 5.74) is 0. The maximum Gasteiger partial charge on any atom is 0.140 e. The first-order valence-electron chi connectivity index (χ1n) is 4.37. The van der Waals surface area contributed by atoms with E-state index in [2.05, 4.69) is 12.6 Å². The molecule has 0 radical (unpaired) electrons. The van der Waals surface area contributed by atoms with Gasteiger partial charge in [0.2, 0.25) is 0 Å². The minimum atomic E-state index is 0.780. The summed E-state index contributed by atoms with van der Waals surface area (Å²) in [4.78, 5) is 0.844. The molecule has 0 amide bonds. The lowest BCUT2D eigenvalue weighted by molar-refractivity contribution is 0.471. The first kappa shape index (κ1) is 9.16. The molecule has 0 saturated carbocycles. The zero-order valence-electron chi connectivity index (χ0n) is 7.55. The van der Waals surface area contributed by atoms with Crippen LogP contribution in [0.3, 0.4) is 0 Å². The van der Waals surface area contributed by atoms with Gasteiger partial charge in [0, 0.05) is 4.90 Å². The molecular formula is C12H10OS. The van der Waals surface area contributed by atoms with Gasteiger partial charge in [0.25, 0.3) is 0 Å². The number of thiol groups is 1. The highest BCUT2D eigenvalue weighted by atomic mass is 32.1. The number of hydrogen-bond acceptors (Lipinski definition) is 2. The summed E-state index contributed by atoms with van der Waals surface area (Å²) in [5, 5.41) is 0. The summed E-state index contributed by atoms with van der Waals surface area (Å²) < 4.78 is 5.63. The summed E-state index contributed by atoms with van der Waals surface area (Å²) in [6.07, 6.45) is 0. The van der Waals surface area contributed by atoms with Crippen molar-refractivity contribution >= 4 is 12.6 Å². The van der Waals surface area contributed by atoms with E-state index in [0.29, 0.717) is 0 Å². The molecule has 0 aliphatic heterocycles. The maximum atomic E-state index is 5.63. The highest BCUT2D eigenvalue weighted by Gasteiger charge is 1.98. The zero-order chi connectivity index (χ0) is 9.80. The van der Waals surface area contributed by atoms with Crippen LogP contribution in [-0.4, -0.2) is 0 Å². The Labute approximate surface area is 88.8 Å². The number of para-hydroxylation sites is 2. The van der Waals surface area contributed by atoms with Gasteiger partial charge in [-0.1, -0.05) is 30.3 Å². The van der Waals surface area contributed by atoms with Gasteiger partial charge < -0.3 is 4.74 Å². The maximum absolute atomic E-state index is 5.63. The van der Waals surface area contributed by atoms with Crippen molar-refractivity contribution in [2.75, 3.05) is 0 Å². The summed E-state index contributed by atoms with van der Waals surface area (Å²) >= 11 is 4.30. The molecule has 0 aliphatic carbocycles. The van der Waals surface area contributed by atoms with Crippen LogP contribution in [0.25, 0.3) is 0 Å². The van der Waals surface area contributed by atoms with Crippen LogP contribution in [0.4, 0.5) is 0 Å². The van der Waals surface area contributed by atoms with E-state index < -0.39 is 0 Å². The molecule has 0 bridgehead atoms. The average Bonchev–Trinajstić information content (AvgIpc) is 2.23. The van der Waals surface area contributed by atoms with E-state index >= 15 is 0 Å². The molecule has 14 heavy (non-hydrogen) atoms. The molecule has 1 nitrogen and oxygen atoms in total. The van der Waals surface area contributed by atoms with Gasteiger partial charge in [0.1, 0.15) is 11.5 Å². The summed E-state index contributed by atoms with van der Waals surface area (Å²) in [6, 6.07) is 17.3. The van der Waals surface area contributed by atoms with Crippen molar-refractivity contribution in [1.82, 2.24) is 0 Å².